The Morgan fingerprint density at radius 3 is 2.79 bits per heavy atom. The lowest BCUT2D eigenvalue weighted by Crippen LogP contribution is -1.98. The van der Waals surface area contributed by atoms with E-state index in [2.05, 4.69) is 9.97 Å². The summed E-state index contributed by atoms with van der Waals surface area (Å²) in [6, 6.07) is 5.09. The van der Waals surface area contributed by atoms with E-state index in [9.17, 15) is 4.39 Å². The van der Waals surface area contributed by atoms with Gasteiger partial charge in [-0.05, 0) is 18.1 Å². The van der Waals surface area contributed by atoms with Gasteiger partial charge in [-0.25, -0.2) is 9.37 Å². The topological polar surface area (TPSA) is 25.8 Å². The molecule has 0 amide bonds. The Balaban J connectivity index is 2.71. The molecule has 2 nitrogen and oxygen atoms in total. The minimum Gasteiger partial charge on any atom is -0.255 e. The molecule has 0 saturated carbocycles. The molecule has 0 fully saturated rings. The molecular weight excluding hydrogens is 179 g/mol. The molecule has 0 aliphatic rings. The molecule has 0 spiro atoms. The average Bonchev–Trinajstić information content (AvgIpc) is 2.16. The first-order valence-corrected chi connectivity index (χ1v) is 4.59. The number of fused-ring (bicyclic) bond motifs is 1. The van der Waals surface area contributed by atoms with Gasteiger partial charge in [0.1, 0.15) is 5.82 Å². The van der Waals surface area contributed by atoms with Crippen molar-refractivity contribution in [2.45, 2.75) is 19.8 Å². The van der Waals surface area contributed by atoms with Gasteiger partial charge >= 0.3 is 0 Å². The second-order valence-corrected chi connectivity index (χ2v) is 3.55. The van der Waals surface area contributed by atoms with Crippen LogP contribution in [-0.2, 0) is 0 Å². The number of hydrogen-bond donors (Lipinski definition) is 0. The molecule has 0 aromatic carbocycles. The van der Waals surface area contributed by atoms with Crippen LogP contribution in [0, 0.1) is 5.82 Å². The van der Waals surface area contributed by atoms with Crippen molar-refractivity contribution in [2.75, 3.05) is 0 Å². The molecule has 2 aromatic heterocycles. The molecule has 0 unspecified atom stereocenters. The van der Waals surface area contributed by atoms with Gasteiger partial charge in [-0.15, -0.1) is 0 Å². The molecule has 0 saturated heterocycles. The Kier molecular flexibility index (Phi) is 2.15. The van der Waals surface area contributed by atoms with Gasteiger partial charge < -0.3 is 0 Å². The summed E-state index contributed by atoms with van der Waals surface area (Å²) in [5.41, 5.74) is 1.86. The Morgan fingerprint density at radius 1 is 1.29 bits per heavy atom. The number of pyridine rings is 2. The van der Waals surface area contributed by atoms with E-state index >= 15 is 0 Å². The molecule has 0 aliphatic carbocycles. The van der Waals surface area contributed by atoms with Gasteiger partial charge in [0, 0.05) is 12.3 Å². The maximum atomic E-state index is 13.5. The molecule has 3 heteroatoms. The van der Waals surface area contributed by atoms with E-state index in [1.165, 1.54) is 6.07 Å². The Bertz CT molecular complexity index is 466. The van der Waals surface area contributed by atoms with E-state index in [4.69, 9.17) is 0 Å². The highest BCUT2D eigenvalue weighted by Gasteiger charge is 2.09. The molecule has 0 atom stereocenters. The highest BCUT2D eigenvalue weighted by atomic mass is 19.1. The van der Waals surface area contributed by atoms with Crippen LogP contribution < -0.4 is 0 Å². The van der Waals surface area contributed by atoms with E-state index in [-0.39, 0.29) is 11.7 Å². The second-order valence-electron chi connectivity index (χ2n) is 3.55. The minimum absolute atomic E-state index is 0.0969. The first kappa shape index (κ1) is 9.06. The number of halogens is 1. The predicted molar refractivity (Wildman–Crippen MR) is 53.6 cm³/mol. The van der Waals surface area contributed by atoms with Gasteiger partial charge in [0.2, 0.25) is 0 Å². The molecule has 2 heterocycles. The molecule has 0 radical (unpaired) electrons. The van der Waals surface area contributed by atoms with Crippen LogP contribution in [0.15, 0.2) is 24.4 Å². The minimum atomic E-state index is -0.272. The highest BCUT2D eigenvalue weighted by molar-refractivity contribution is 5.73. The van der Waals surface area contributed by atoms with Gasteiger partial charge in [0.15, 0.2) is 0 Å². The maximum Gasteiger partial charge on any atom is 0.147 e. The fourth-order valence-electron chi connectivity index (χ4n) is 1.40. The molecule has 0 bridgehead atoms. The summed E-state index contributed by atoms with van der Waals surface area (Å²) in [6.45, 7) is 3.85. The van der Waals surface area contributed by atoms with E-state index in [0.29, 0.717) is 11.2 Å². The van der Waals surface area contributed by atoms with Crippen LogP contribution in [0.3, 0.4) is 0 Å². The first-order valence-electron chi connectivity index (χ1n) is 4.59. The van der Waals surface area contributed by atoms with Crippen molar-refractivity contribution in [3.05, 3.63) is 35.9 Å². The smallest absolute Gasteiger partial charge is 0.147 e. The summed E-state index contributed by atoms with van der Waals surface area (Å²) in [4.78, 5) is 8.28. The van der Waals surface area contributed by atoms with Gasteiger partial charge in [-0.1, -0.05) is 13.8 Å². The maximum absolute atomic E-state index is 13.5. The third-order valence-corrected chi connectivity index (χ3v) is 2.11. The molecule has 72 valence electrons. The van der Waals surface area contributed by atoms with Crippen molar-refractivity contribution < 1.29 is 4.39 Å². The average molecular weight is 190 g/mol. The van der Waals surface area contributed by atoms with E-state index < -0.39 is 0 Å². The van der Waals surface area contributed by atoms with Crippen LogP contribution in [-0.4, -0.2) is 9.97 Å². The summed E-state index contributed by atoms with van der Waals surface area (Å²) in [5.74, 6) is -0.175. The quantitative estimate of drug-likeness (QED) is 0.691. The fourth-order valence-corrected chi connectivity index (χ4v) is 1.40. The van der Waals surface area contributed by atoms with Crippen molar-refractivity contribution in [3.8, 4) is 0 Å². The van der Waals surface area contributed by atoms with Crippen molar-refractivity contribution in [1.82, 2.24) is 9.97 Å². The van der Waals surface area contributed by atoms with E-state index in [0.717, 1.165) is 5.52 Å². The number of rotatable bonds is 1. The Morgan fingerprint density at radius 2 is 2.07 bits per heavy atom. The van der Waals surface area contributed by atoms with Crippen LogP contribution in [0.25, 0.3) is 11.0 Å². The summed E-state index contributed by atoms with van der Waals surface area (Å²) in [6.07, 6.45) is 1.64. The summed E-state index contributed by atoms with van der Waals surface area (Å²) >= 11 is 0. The van der Waals surface area contributed by atoms with Gasteiger partial charge in [-0.2, -0.15) is 0 Å². The lowest BCUT2D eigenvalue weighted by molar-refractivity contribution is 0.588. The number of hydrogen-bond acceptors (Lipinski definition) is 2. The predicted octanol–water partition coefficient (Wildman–Crippen LogP) is 2.89. The Hall–Kier alpha value is -1.51. The first-order chi connectivity index (χ1) is 6.68. The number of aromatic nitrogens is 2. The van der Waals surface area contributed by atoms with Crippen molar-refractivity contribution in [2.24, 2.45) is 0 Å². The molecule has 2 rings (SSSR count). The third kappa shape index (κ3) is 1.45. The van der Waals surface area contributed by atoms with Gasteiger partial charge in [-0.3, -0.25) is 4.98 Å². The summed E-state index contributed by atoms with van der Waals surface area (Å²) in [5, 5.41) is 0. The monoisotopic (exact) mass is 190 g/mol. The van der Waals surface area contributed by atoms with Crippen LogP contribution in [0.2, 0.25) is 0 Å². The fraction of sp³-hybridized carbons (Fsp3) is 0.273. The van der Waals surface area contributed by atoms with E-state index in [1.807, 2.05) is 19.9 Å². The van der Waals surface area contributed by atoms with Crippen LogP contribution in [0.1, 0.15) is 25.5 Å². The van der Waals surface area contributed by atoms with Gasteiger partial charge in [0.05, 0.1) is 16.7 Å². The molecule has 2 aromatic rings. The summed E-state index contributed by atoms with van der Waals surface area (Å²) in [7, 11) is 0. The van der Waals surface area contributed by atoms with E-state index in [1.54, 1.807) is 12.3 Å². The van der Waals surface area contributed by atoms with Crippen LogP contribution in [0.4, 0.5) is 4.39 Å². The van der Waals surface area contributed by atoms with Crippen molar-refractivity contribution in [3.63, 3.8) is 0 Å². The lowest BCUT2D eigenvalue weighted by Gasteiger charge is -2.06. The molecule has 0 N–H and O–H groups in total. The largest absolute Gasteiger partial charge is 0.255 e. The van der Waals surface area contributed by atoms with Crippen molar-refractivity contribution in [1.29, 1.82) is 0 Å². The zero-order chi connectivity index (χ0) is 10.1. The zero-order valence-electron chi connectivity index (χ0n) is 8.16. The normalized spacial score (nSPS) is 11.1. The Labute approximate surface area is 81.8 Å². The molecular formula is C11H11FN2. The molecule has 14 heavy (non-hydrogen) atoms. The third-order valence-electron chi connectivity index (χ3n) is 2.11. The second kappa shape index (κ2) is 3.33. The van der Waals surface area contributed by atoms with Crippen molar-refractivity contribution >= 4 is 11.0 Å². The van der Waals surface area contributed by atoms with Crippen LogP contribution in [0.5, 0.6) is 0 Å². The number of nitrogens with zero attached hydrogens (tertiary/aromatic N) is 2. The summed E-state index contributed by atoms with van der Waals surface area (Å²) < 4.78 is 13.5. The zero-order valence-corrected chi connectivity index (χ0v) is 8.16. The standard InChI is InChI=1S/C11H11FN2/c1-7(2)11-8(12)6-10-9(14-11)4-3-5-13-10/h3-7H,1-2H3. The lowest BCUT2D eigenvalue weighted by atomic mass is 10.1. The van der Waals surface area contributed by atoms with Crippen LogP contribution >= 0.6 is 0 Å². The van der Waals surface area contributed by atoms with Gasteiger partial charge in [0.25, 0.3) is 0 Å². The molecule has 0 aliphatic heterocycles. The SMILES string of the molecule is CC(C)c1nc2cccnc2cc1F. The highest BCUT2D eigenvalue weighted by Crippen LogP contribution is 2.19.